The number of nitrogens with one attached hydrogen (secondary N) is 2. The van der Waals surface area contributed by atoms with Crippen LogP contribution in [0.4, 0.5) is 0 Å². The smallest absolute Gasteiger partial charge is 0.220 e. The summed E-state index contributed by atoms with van der Waals surface area (Å²) in [5, 5.41) is 15.0. The third kappa shape index (κ3) is 19.4. The van der Waals surface area contributed by atoms with Crippen molar-refractivity contribution in [2.24, 2.45) is 0 Å². The number of rotatable bonds is 19. The van der Waals surface area contributed by atoms with Crippen molar-refractivity contribution in [3.05, 3.63) is 24.3 Å². The third-order valence-corrected chi connectivity index (χ3v) is 4.65. The topological polar surface area (TPSA) is 81.7 Å². The standard InChI is InChI=1S/C23H43N3O3/c1-3-5-7-9-11-14-22(28)24-16-19-26(18-13-21-27)20-17-25-23(29)15-12-10-8-6-4-2/h3-6,27H,7-21H2,1-2H3,(H,24,28)(H,25,29)/b5-3+,6-4+. The minimum Gasteiger partial charge on any atom is -0.396 e. The van der Waals surface area contributed by atoms with E-state index < -0.39 is 0 Å². The van der Waals surface area contributed by atoms with Gasteiger partial charge in [0.1, 0.15) is 0 Å². The molecule has 0 radical (unpaired) electrons. The zero-order valence-electron chi connectivity index (χ0n) is 18.6. The maximum absolute atomic E-state index is 11.9. The quantitative estimate of drug-likeness (QED) is 0.226. The van der Waals surface area contributed by atoms with Crippen LogP contribution >= 0.6 is 0 Å². The van der Waals surface area contributed by atoms with Gasteiger partial charge in [0.05, 0.1) is 0 Å². The molecule has 0 spiro atoms. The molecule has 0 bridgehead atoms. The highest BCUT2D eigenvalue weighted by molar-refractivity contribution is 5.76. The van der Waals surface area contributed by atoms with Crippen LogP contribution in [0.1, 0.15) is 71.6 Å². The Morgan fingerprint density at radius 3 is 1.66 bits per heavy atom. The van der Waals surface area contributed by atoms with Crippen molar-refractivity contribution >= 4 is 11.8 Å². The van der Waals surface area contributed by atoms with E-state index in [0.29, 0.717) is 32.4 Å². The highest BCUT2D eigenvalue weighted by Crippen LogP contribution is 2.01. The van der Waals surface area contributed by atoms with Crippen LogP contribution < -0.4 is 10.6 Å². The summed E-state index contributed by atoms with van der Waals surface area (Å²) in [7, 11) is 0. The van der Waals surface area contributed by atoms with Gasteiger partial charge in [-0.1, -0.05) is 24.3 Å². The number of unbranched alkanes of at least 4 members (excludes halogenated alkanes) is 4. The van der Waals surface area contributed by atoms with Gasteiger partial charge in [0, 0.05) is 52.2 Å². The first kappa shape index (κ1) is 27.3. The Morgan fingerprint density at radius 1 is 0.759 bits per heavy atom. The summed E-state index contributed by atoms with van der Waals surface area (Å²) in [6.45, 7) is 7.56. The largest absolute Gasteiger partial charge is 0.396 e. The Morgan fingerprint density at radius 2 is 1.24 bits per heavy atom. The zero-order chi connectivity index (χ0) is 21.6. The molecule has 0 aliphatic carbocycles. The van der Waals surface area contributed by atoms with Gasteiger partial charge in [-0.25, -0.2) is 0 Å². The lowest BCUT2D eigenvalue weighted by molar-refractivity contribution is -0.121. The average molecular weight is 410 g/mol. The number of carbonyl (C=O) groups excluding carboxylic acids is 2. The predicted molar refractivity (Wildman–Crippen MR) is 121 cm³/mol. The first-order valence-corrected chi connectivity index (χ1v) is 11.2. The molecule has 0 heterocycles. The molecule has 0 saturated heterocycles. The number of nitrogens with zero attached hydrogens (tertiary/aromatic N) is 1. The van der Waals surface area contributed by atoms with Crippen molar-refractivity contribution in [3.8, 4) is 0 Å². The number of allylic oxidation sites excluding steroid dienone is 4. The van der Waals surface area contributed by atoms with Crippen molar-refractivity contribution in [3.63, 3.8) is 0 Å². The molecule has 3 N–H and O–H groups in total. The summed E-state index contributed by atoms with van der Waals surface area (Å²) in [5.74, 6) is 0.192. The molecule has 0 fully saturated rings. The minimum atomic E-state index is 0.0961. The van der Waals surface area contributed by atoms with Crippen LogP contribution in [-0.4, -0.2) is 61.2 Å². The van der Waals surface area contributed by atoms with Gasteiger partial charge in [-0.05, 0) is 58.8 Å². The van der Waals surface area contributed by atoms with Crippen molar-refractivity contribution in [2.75, 3.05) is 39.3 Å². The molecule has 0 aliphatic rings. The van der Waals surface area contributed by atoms with Crippen LogP contribution in [0.15, 0.2) is 24.3 Å². The Kier molecular flexibility index (Phi) is 19.9. The SMILES string of the molecule is C/C=C/CCCCC(=O)NCCN(CCCO)CCNC(=O)CCCC/C=C/C. The Balaban J connectivity index is 3.92. The molecule has 0 atom stereocenters. The first-order chi connectivity index (χ1) is 14.1. The molecular formula is C23H43N3O3. The predicted octanol–water partition coefficient (Wildman–Crippen LogP) is 3.18. The van der Waals surface area contributed by atoms with Crippen LogP contribution in [0.5, 0.6) is 0 Å². The third-order valence-electron chi connectivity index (χ3n) is 4.65. The molecule has 6 heteroatoms. The van der Waals surface area contributed by atoms with Gasteiger partial charge in [-0.15, -0.1) is 0 Å². The van der Waals surface area contributed by atoms with Crippen molar-refractivity contribution in [1.29, 1.82) is 0 Å². The van der Waals surface area contributed by atoms with Gasteiger partial charge in [0.15, 0.2) is 0 Å². The highest BCUT2D eigenvalue weighted by atomic mass is 16.3. The number of aliphatic hydroxyl groups excluding tert-OH is 1. The van der Waals surface area contributed by atoms with Gasteiger partial charge in [-0.2, -0.15) is 0 Å². The van der Waals surface area contributed by atoms with Crippen LogP contribution in [0.3, 0.4) is 0 Å². The lowest BCUT2D eigenvalue weighted by atomic mass is 10.2. The second-order valence-corrected chi connectivity index (χ2v) is 7.25. The van der Waals surface area contributed by atoms with E-state index in [2.05, 4.69) is 27.7 Å². The number of amides is 2. The fourth-order valence-electron chi connectivity index (χ4n) is 2.94. The van der Waals surface area contributed by atoms with Crippen LogP contribution in [0.25, 0.3) is 0 Å². The minimum absolute atomic E-state index is 0.0961. The molecular weight excluding hydrogens is 366 g/mol. The van der Waals surface area contributed by atoms with Crippen LogP contribution in [0, 0.1) is 0 Å². The van der Waals surface area contributed by atoms with Gasteiger partial charge in [0.25, 0.3) is 0 Å². The maximum Gasteiger partial charge on any atom is 0.220 e. The monoisotopic (exact) mass is 409 g/mol. The van der Waals surface area contributed by atoms with Gasteiger partial charge >= 0.3 is 0 Å². The number of hydrogen-bond acceptors (Lipinski definition) is 4. The fraction of sp³-hybridized carbons (Fsp3) is 0.739. The first-order valence-electron chi connectivity index (χ1n) is 11.2. The van der Waals surface area contributed by atoms with E-state index in [1.165, 1.54) is 0 Å². The summed E-state index contributed by atoms with van der Waals surface area (Å²) in [5.41, 5.74) is 0. The molecule has 6 nitrogen and oxygen atoms in total. The molecule has 0 aromatic carbocycles. The Labute approximate surface area is 177 Å². The average Bonchev–Trinajstić information content (AvgIpc) is 2.71. The number of hydrogen-bond donors (Lipinski definition) is 3. The van der Waals surface area contributed by atoms with Crippen LogP contribution in [-0.2, 0) is 9.59 Å². The van der Waals surface area contributed by atoms with Gasteiger partial charge < -0.3 is 15.7 Å². The molecule has 0 unspecified atom stereocenters. The van der Waals surface area contributed by atoms with Crippen molar-refractivity contribution < 1.29 is 14.7 Å². The van der Waals surface area contributed by atoms with E-state index in [0.717, 1.165) is 58.2 Å². The summed E-state index contributed by atoms with van der Waals surface area (Å²) < 4.78 is 0. The van der Waals surface area contributed by atoms with Crippen molar-refractivity contribution in [1.82, 2.24) is 15.5 Å². The molecule has 29 heavy (non-hydrogen) atoms. The van der Waals surface area contributed by atoms with E-state index >= 15 is 0 Å². The Bertz CT molecular complexity index is 426. The summed E-state index contributed by atoms with van der Waals surface area (Å²) in [6, 6.07) is 0. The highest BCUT2D eigenvalue weighted by Gasteiger charge is 2.07. The number of aliphatic hydroxyl groups is 1. The normalized spacial score (nSPS) is 11.6. The second kappa shape index (κ2) is 21.1. The number of carbonyl (C=O) groups is 2. The molecule has 168 valence electrons. The Hall–Kier alpha value is -1.66. The van der Waals surface area contributed by atoms with Crippen molar-refractivity contribution in [2.45, 2.75) is 71.6 Å². The molecule has 0 aromatic rings. The molecule has 0 aliphatic heterocycles. The molecule has 0 rings (SSSR count). The zero-order valence-corrected chi connectivity index (χ0v) is 18.6. The van der Waals surface area contributed by atoms with Crippen LogP contribution in [0.2, 0.25) is 0 Å². The van der Waals surface area contributed by atoms with E-state index in [-0.39, 0.29) is 18.4 Å². The van der Waals surface area contributed by atoms with E-state index in [1.807, 2.05) is 26.0 Å². The van der Waals surface area contributed by atoms with Gasteiger partial charge in [-0.3, -0.25) is 14.5 Å². The summed E-state index contributed by atoms with van der Waals surface area (Å²) in [6.07, 6.45) is 16.1. The molecule has 0 aromatic heterocycles. The molecule has 2 amide bonds. The lowest BCUT2D eigenvalue weighted by Crippen LogP contribution is -2.40. The van der Waals surface area contributed by atoms with E-state index in [4.69, 9.17) is 5.11 Å². The fourth-order valence-corrected chi connectivity index (χ4v) is 2.94. The molecule has 0 saturated carbocycles. The van der Waals surface area contributed by atoms with E-state index in [9.17, 15) is 9.59 Å². The van der Waals surface area contributed by atoms with E-state index in [1.54, 1.807) is 0 Å². The van der Waals surface area contributed by atoms with Gasteiger partial charge in [0.2, 0.25) is 11.8 Å². The lowest BCUT2D eigenvalue weighted by Gasteiger charge is -2.22. The second-order valence-electron chi connectivity index (χ2n) is 7.25. The summed E-state index contributed by atoms with van der Waals surface area (Å²) >= 11 is 0. The maximum atomic E-state index is 11.9. The summed E-state index contributed by atoms with van der Waals surface area (Å²) in [4.78, 5) is 26.0.